The lowest BCUT2D eigenvalue weighted by Gasteiger charge is -2.44. The molecule has 2 fully saturated rings. The lowest BCUT2D eigenvalue weighted by molar-refractivity contribution is -0.140. The Balaban J connectivity index is 1.77. The molecule has 1 aliphatic carbocycles. The van der Waals surface area contributed by atoms with Crippen molar-refractivity contribution in [3.63, 3.8) is 0 Å². The SMILES string of the molecule is NS(=O)(=O)N1CCCN(C(=O)C2(c3ccccc3)CCC2)CC1. The average molecular weight is 337 g/mol. The quantitative estimate of drug-likeness (QED) is 0.887. The third kappa shape index (κ3) is 3.13. The number of carbonyl (C=O) groups is 1. The van der Waals surface area contributed by atoms with Gasteiger partial charge in [-0.15, -0.1) is 0 Å². The van der Waals surface area contributed by atoms with Gasteiger partial charge in [-0.2, -0.15) is 12.7 Å². The molecule has 1 aromatic carbocycles. The average Bonchev–Trinajstić information content (AvgIpc) is 2.72. The Bertz CT molecular complexity index is 671. The lowest BCUT2D eigenvalue weighted by atomic mass is 9.63. The van der Waals surface area contributed by atoms with Gasteiger partial charge in [0.15, 0.2) is 0 Å². The van der Waals surface area contributed by atoms with Gasteiger partial charge >= 0.3 is 0 Å². The Morgan fingerprint density at radius 1 is 1.00 bits per heavy atom. The first-order valence-electron chi connectivity index (χ1n) is 8.06. The first-order valence-corrected chi connectivity index (χ1v) is 9.57. The van der Waals surface area contributed by atoms with E-state index in [1.54, 1.807) is 0 Å². The van der Waals surface area contributed by atoms with Gasteiger partial charge in [0.05, 0.1) is 5.41 Å². The highest BCUT2D eigenvalue weighted by Gasteiger charge is 2.47. The van der Waals surface area contributed by atoms with Gasteiger partial charge in [-0.1, -0.05) is 36.8 Å². The summed E-state index contributed by atoms with van der Waals surface area (Å²) in [5.74, 6) is 0.131. The molecule has 1 saturated carbocycles. The van der Waals surface area contributed by atoms with Crippen LogP contribution in [-0.4, -0.2) is 49.7 Å². The number of benzene rings is 1. The number of hydrogen-bond donors (Lipinski definition) is 1. The number of nitrogens with zero attached hydrogens (tertiary/aromatic N) is 2. The Labute approximate surface area is 137 Å². The third-order valence-corrected chi connectivity index (χ3v) is 6.13. The fraction of sp³-hybridized carbons (Fsp3) is 0.562. The van der Waals surface area contributed by atoms with E-state index in [0.717, 1.165) is 24.8 Å². The molecule has 0 aromatic heterocycles. The van der Waals surface area contributed by atoms with Crippen LogP contribution in [0.2, 0.25) is 0 Å². The maximum Gasteiger partial charge on any atom is 0.276 e. The smallest absolute Gasteiger partial charge is 0.276 e. The van der Waals surface area contributed by atoms with Gasteiger partial charge < -0.3 is 4.90 Å². The van der Waals surface area contributed by atoms with Crippen LogP contribution in [0.25, 0.3) is 0 Å². The number of carbonyl (C=O) groups excluding carboxylic acids is 1. The second kappa shape index (κ2) is 6.22. The summed E-state index contributed by atoms with van der Waals surface area (Å²) in [4.78, 5) is 15.0. The van der Waals surface area contributed by atoms with Gasteiger partial charge in [-0.25, -0.2) is 5.14 Å². The zero-order valence-corrected chi connectivity index (χ0v) is 14.0. The van der Waals surface area contributed by atoms with E-state index in [9.17, 15) is 13.2 Å². The zero-order valence-electron chi connectivity index (χ0n) is 13.1. The van der Waals surface area contributed by atoms with Crippen LogP contribution < -0.4 is 5.14 Å². The summed E-state index contributed by atoms with van der Waals surface area (Å²) in [6, 6.07) is 9.93. The van der Waals surface area contributed by atoms with Crippen molar-refractivity contribution >= 4 is 16.1 Å². The van der Waals surface area contributed by atoms with Crippen molar-refractivity contribution in [2.24, 2.45) is 5.14 Å². The lowest BCUT2D eigenvalue weighted by Crippen LogP contribution is -2.52. The molecule has 126 valence electrons. The molecular weight excluding hydrogens is 314 g/mol. The van der Waals surface area contributed by atoms with Crippen LogP contribution >= 0.6 is 0 Å². The molecule has 1 heterocycles. The first kappa shape index (κ1) is 16.4. The largest absolute Gasteiger partial charge is 0.341 e. The normalized spacial score (nSPS) is 22.2. The highest BCUT2D eigenvalue weighted by atomic mass is 32.2. The topological polar surface area (TPSA) is 83.7 Å². The van der Waals surface area contributed by atoms with E-state index in [0.29, 0.717) is 26.1 Å². The molecule has 2 aliphatic rings. The monoisotopic (exact) mass is 337 g/mol. The van der Waals surface area contributed by atoms with Gasteiger partial charge in [-0.05, 0) is 24.8 Å². The Hall–Kier alpha value is -1.44. The molecule has 3 rings (SSSR count). The Morgan fingerprint density at radius 3 is 2.26 bits per heavy atom. The van der Waals surface area contributed by atoms with Gasteiger partial charge in [0, 0.05) is 26.2 Å². The Kier molecular flexibility index (Phi) is 4.44. The van der Waals surface area contributed by atoms with Crippen LogP contribution in [0.15, 0.2) is 30.3 Å². The molecule has 0 radical (unpaired) electrons. The second-order valence-electron chi connectivity index (χ2n) is 6.39. The summed E-state index contributed by atoms with van der Waals surface area (Å²) in [5.41, 5.74) is 0.654. The van der Waals surface area contributed by atoms with E-state index in [4.69, 9.17) is 5.14 Å². The van der Waals surface area contributed by atoms with E-state index in [1.807, 2.05) is 35.2 Å². The van der Waals surface area contributed by atoms with Crippen molar-refractivity contribution in [2.45, 2.75) is 31.1 Å². The van der Waals surface area contributed by atoms with Gasteiger partial charge in [0.2, 0.25) is 5.91 Å². The minimum absolute atomic E-state index is 0.131. The van der Waals surface area contributed by atoms with Crippen molar-refractivity contribution in [3.8, 4) is 0 Å². The molecule has 6 nitrogen and oxygen atoms in total. The highest BCUT2D eigenvalue weighted by molar-refractivity contribution is 7.86. The summed E-state index contributed by atoms with van der Waals surface area (Å²) in [6.45, 7) is 1.64. The molecule has 1 amide bonds. The van der Waals surface area contributed by atoms with Gasteiger partial charge in [0.25, 0.3) is 10.2 Å². The molecule has 2 N–H and O–H groups in total. The molecule has 0 unspecified atom stereocenters. The van der Waals surface area contributed by atoms with Crippen LogP contribution in [0.5, 0.6) is 0 Å². The van der Waals surface area contributed by atoms with E-state index in [-0.39, 0.29) is 12.5 Å². The highest BCUT2D eigenvalue weighted by Crippen LogP contribution is 2.45. The standard InChI is InChI=1S/C16H23N3O3S/c17-23(21,22)19-11-5-10-18(12-13-19)15(20)16(8-4-9-16)14-6-2-1-3-7-14/h1-3,6-7H,4-5,8-13H2,(H2,17,21,22). The predicted octanol–water partition coefficient (Wildman–Crippen LogP) is 0.846. The minimum atomic E-state index is -3.68. The summed E-state index contributed by atoms with van der Waals surface area (Å²) in [7, 11) is -3.68. The van der Waals surface area contributed by atoms with E-state index >= 15 is 0 Å². The molecule has 1 aliphatic heterocycles. The van der Waals surface area contributed by atoms with Crippen LogP contribution in [0.4, 0.5) is 0 Å². The van der Waals surface area contributed by atoms with Crippen molar-refractivity contribution in [1.82, 2.24) is 9.21 Å². The van der Waals surface area contributed by atoms with Crippen LogP contribution in [0.1, 0.15) is 31.2 Å². The molecule has 0 bridgehead atoms. The minimum Gasteiger partial charge on any atom is -0.341 e. The Morgan fingerprint density at radius 2 is 1.70 bits per heavy atom. The van der Waals surface area contributed by atoms with Gasteiger partial charge in [0.1, 0.15) is 0 Å². The molecule has 0 spiro atoms. The van der Waals surface area contributed by atoms with E-state index < -0.39 is 15.6 Å². The molecular formula is C16H23N3O3S. The third-order valence-electron chi connectivity index (χ3n) is 5.04. The van der Waals surface area contributed by atoms with Crippen LogP contribution in [-0.2, 0) is 20.4 Å². The predicted molar refractivity (Wildman–Crippen MR) is 87.8 cm³/mol. The fourth-order valence-corrected chi connectivity index (χ4v) is 4.29. The maximum absolute atomic E-state index is 13.1. The number of nitrogens with two attached hydrogens (primary N) is 1. The summed E-state index contributed by atoms with van der Waals surface area (Å²) in [6.07, 6.45) is 3.40. The van der Waals surface area contributed by atoms with Crippen LogP contribution in [0.3, 0.4) is 0 Å². The van der Waals surface area contributed by atoms with Crippen molar-refractivity contribution in [1.29, 1.82) is 0 Å². The molecule has 1 saturated heterocycles. The fourth-order valence-electron chi connectivity index (χ4n) is 3.57. The molecule has 23 heavy (non-hydrogen) atoms. The second-order valence-corrected chi connectivity index (χ2v) is 7.94. The van der Waals surface area contributed by atoms with E-state index in [1.165, 1.54) is 4.31 Å². The molecule has 7 heteroatoms. The first-order chi connectivity index (χ1) is 10.9. The molecule has 0 atom stereocenters. The number of amides is 1. The zero-order chi connectivity index (χ0) is 16.5. The van der Waals surface area contributed by atoms with Crippen molar-refractivity contribution < 1.29 is 13.2 Å². The van der Waals surface area contributed by atoms with Crippen LogP contribution in [0, 0.1) is 0 Å². The van der Waals surface area contributed by atoms with Crippen molar-refractivity contribution in [3.05, 3.63) is 35.9 Å². The van der Waals surface area contributed by atoms with Gasteiger partial charge in [-0.3, -0.25) is 4.79 Å². The van der Waals surface area contributed by atoms with E-state index in [2.05, 4.69) is 0 Å². The summed E-state index contributed by atoms with van der Waals surface area (Å²) < 4.78 is 24.3. The van der Waals surface area contributed by atoms with Crippen molar-refractivity contribution in [2.75, 3.05) is 26.2 Å². The molecule has 1 aromatic rings. The number of hydrogen-bond acceptors (Lipinski definition) is 3. The summed E-state index contributed by atoms with van der Waals surface area (Å²) in [5, 5.41) is 5.21. The maximum atomic E-state index is 13.1. The summed E-state index contributed by atoms with van der Waals surface area (Å²) >= 11 is 0. The number of rotatable bonds is 3.